The van der Waals surface area contributed by atoms with Gasteiger partial charge in [0.05, 0.1) is 23.3 Å². The first kappa shape index (κ1) is 15.5. The summed E-state index contributed by atoms with van der Waals surface area (Å²) in [4.78, 5) is 17.4. The number of nitrogens with one attached hydrogen (secondary N) is 1. The van der Waals surface area contributed by atoms with Gasteiger partial charge in [-0.15, -0.1) is 6.42 Å². The Bertz CT molecular complexity index is 799. The number of methoxy groups -OCH3 is 1. The highest BCUT2D eigenvalue weighted by atomic mass is 16.5. The van der Waals surface area contributed by atoms with Crippen molar-refractivity contribution in [3.8, 4) is 12.3 Å². The van der Waals surface area contributed by atoms with Gasteiger partial charge >= 0.3 is 0 Å². The van der Waals surface area contributed by atoms with E-state index in [1.54, 1.807) is 11.8 Å². The third-order valence-corrected chi connectivity index (χ3v) is 4.07. The zero-order valence-corrected chi connectivity index (χ0v) is 13.6. The third-order valence-electron chi connectivity index (χ3n) is 4.07. The summed E-state index contributed by atoms with van der Waals surface area (Å²) in [6.45, 7) is 2.16. The molecule has 1 fully saturated rings. The maximum absolute atomic E-state index is 12.7. The van der Waals surface area contributed by atoms with Crippen LogP contribution in [0.15, 0.2) is 6.07 Å². The van der Waals surface area contributed by atoms with Crippen LogP contribution in [-0.2, 0) is 11.8 Å². The van der Waals surface area contributed by atoms with E-state index >= 15 is 0 Å². The molecule has 6 heteroatoms. The highest BCUT2D eigenvalue weighted by Crippen LogP contribution is 2.40. The summed E-state index contributed by atoms with van der Waals surface area (Å²) >= 11 is 0. The first-order valence-electron chi connectivity index (χ1n) is 7.65. The van der Waals surface area contributed by atoms with E-state index in [0.717, 1.165) is 35.3 Å². The number of hydrogen-bond donors (Lipinski definition) is 1. The standard InChI is InChI=1S/C17H20N4O2/c1-5-12(9-23-4)18-17(22)13-8-14(11-6-7-11)19-16-15(13)10(2)20-21(16)3/h1,8,11-12H,6-7,9H2,2-4H3,(H,18,22)/t12-/m0/s1. The fourth-order valence-electron chi connectivity index (χ4n) is 2.77. The molecule has 1 aliphatic carbocycles. The first-order valence-corrected chi connectivity index (χ1v) is 7.65. The number of ether oxygens (including phenoxy) is 1. The van der Waals surface area contributed by atoms with Gasteiger partial charge < -0.3 is 10.1 Å². The van der Waals surface area contributed by atoms with Gasteiger partial charge in [0.1, 0.15) is 6.04 Å². The van der Waals surface area contributed by atoms with Gasteiger partial charge in [-0.1, -0.05) is 5.92 Å². The molecule has 120 valence electrons. The molecule has 1 saturated carbocycles. The zero-order valence-electron chi connectivity index (χ0n) is 13.6. The van der Waals surface area contributed by atoms with E-state index in [-0.39, 0.29) is 12.5 Å². The Hall–Kier alpha value is -2.39. The Morgan fingerprint density at radius 1 is 1.61 bits per heavy atom. The van der Waals surface area contributed by atoms with Gasteiger partial charge in [-0.05, 0) is 25.8 Å². The lowest BCUT2D eigenvalue weighted by Gasteiger charge is -2.13. The Morgan fingerprint density at radius 2 is 2.35 bits per heavy atom. The summed E-state index contributed by atoms with van der Waals surface area (Å²) in [5, 5.41) is 8.01. The van der Waals surface area contributed by atoms with E-state index < -0.39 is 6.04 Å². The molecule has 2 heterocycles. The second-order valence-electron chi connectivity index (χ2n) is 5.92. The summed E-state index contributed by atoms with van der Waals surface area (Å²) in [5.74, 6) is 2.76. The Morgan fingerprint density at radius 3 is 2.96 bits per heavy atom. The molecule has 3 rings (SSSR count). The number of aromatic nitrogens is 3. The molecule has 0 bridgehead atoms. The summed E-state index contributed by atoms with van der Waals surface area (Å²) in [6, 6.07) is 1.42. The molecule has 6 nitrogen and oxygen atoms in total. The summed E-state index contributed by atoms with van der Waals surface area (Å²) in [7, 11) is 3.40. The van der Waals surface area contributed by atoms with E-state index in [0.29, 0.717) is 11.5 Å². The fourth-order valence-corrected chi connectivity index (χ4v) is 2.77. The van der Waals surface area contributed by atoms with Crippen LogP contribution in [0.2, 0.25) is 0 Å². The maximum Gasteiger partial charge on any atom is 0.253 e. The lowest BCUT2D eigenvalue weighted by atomic mass is 10.1. The molecule has 0 aliphatic heterocycles. The van der Waals surface area contributed by atoms with Crippen LogP contribution < -0.4 is 5.32 Å². The van der Waals surface area contributed by atoms with Crippen LogP contribution >= 0.6 is 0 Å². The van der Waals surface area contributed by atoms with Crippen molar-refractivity contribution in [2.45, 2.75) is 31.7 Å². The molecule has 1 aliphatic rings. The normalized spacial score (nSPS) is 15.4. The number of pyridine rings is 1. The van der Waals surface area contributed by atoms with Crippen molar-refractivity contribution in [1.82, 2.24) is 20.1 Å². The van der Waals surface area contributed by atoms with Gasteiger partial charge in [0.25, 0.3) is 5.91 Å². The van der Waals surface area contributed by atoms with Crippen molar-refractivity contribution in [3.05, 3.63) is 23.0 Å². The largest absolute Gasteiger partial charge is 0.382 e. The monoisotopic (exact) mass is 312 g/mol. The number of aryl methyl sites for hydroxylation is 2. The van der Waals surface area contributed by atoms with Crippen molar-refractivity contribution < 1.29 is 9.53 Å². The van der Waals surface area contributed by atoms with Crippen LogP contribution in [-0.4, -0.2) is 40.4 Å². The SMILES string of the molecule is C#C[C@@H](COC)NC(=O)c1cc(C2CC2)nc2c1c(C)nn2C. The van der Waals surface area contributed by atoms with Crippen LogP contribution in [0.1, 0.15) is 40.5 Å². The zero-order chi connectivity index (χ0) is 16.6. The molecule has 0 spiro atoms. The topological polar surface area (TPSA) is 69.0 Å². The van der Waals surface area contributed by atoms with E-state index in [1.165, 1.54) is 0 Å². The van der Waals surface area contributed by atoms with Gasteiger partial charge in [-0.3, -0.25) is 9.48 Å². The highest BCUT2D eigenvalue weighted by Gasteiger charge is 2.28. The Balaban J connectivity index is 2.04. The second-order valence-corrected chi connectivity index (χ2v) is 5.92. The number of hydrogen-bond acceptors (Lipinski definition) is 4. The van der Waals surface area contributed by atoms with Crippen molar-refractivity contribution in [2.24, 2.45) is 7.05 Å². The molecule has 1 N–H and O–H groups in total. The maximum atomic E-state index is 12.7. The van der Waals surface area contributed by atoms with Crippen LogP contribution in [0.3, 0.4) is 0 Å². The van der Waals surface area contributed by atoms with Gasteiger partial charge in [-0.2, -0.15) is 5.10 Å². The molecule has 0 saturated heterocycles. The number of carbonyl (C=O) groups is 1. The van der Waals surface area contributed by atoms with Crippen LogP contribution in [0, 0.1) is 19.3 Å². The van der Waals surface area contributed by atoms with Gasteiger partial charge in [-0.25, -0.2) is 4.98 Å². The van der Waals surface area contributed by atoms with Crippen molar-refractivity contribution in [2.75, 3.05) is 13.7 Å². The lowest BCUT2D eigenvalue weighted by molar-refractivity contribution is 0.0920. The molecule has 2 aromatic rings. The smallest absolute Gasteiger partial charge is 0.253 e. The molecule has 2 aromatic heterocycles. The molecular formula is C17H20N4O2. The number of amides is 1. The number of nitrogens with zero attached hydrogens (tertiary/aromatic N) is 3. The molecular weight excluding hydrogens is 292 g/mol. The van der Waals surface area contributed by atoms with Crippen LogP contribution in [0.25, 0.3) is 11.0 Å². The average Bonchev–Trinajstić information content (AvgIpc) is 3.33. The van der Waals surface area contributed by atoms with Gasteiger partial charge in [0.2, 0.25) is 0 Å². The fraction of sp³-hybridized carbons (Fsp3) is 0.471. The minimum absolute atomic E-state index is 0.213. The second kappa shape index (κ2) is 6.01. The third kappa shape index (κ3) is 2.92. The molecule has 1 atom stereocenters. The molecule has 23 heavy (non-hydrogen) atoms. The predicted molar refractivity (Wildman–Crippen MR) is 87.2 cm³/mol. The quantitative estimate of drug-likeness (QED) is 0.850. The average molecular weight is 312 g/mol. The number of carbonyl (C=O) groups excluding carboxylic acids is 1. The van der Waals surface area contributed by atoms with E-state index in [9.17, 15) is 4.79 Å². The van der Waals surface area contributed by atoms with Crippen molar-refractivity contribution in [1.29, 1.82) is 0 Å². The number of rotatable bonds is 5. The van der Waals surface area contributed by atoms with Crippen LogP contribution in [0.5, 0.6) is 0 Å². The van der Waals surface area contributed by atoms with Gasteiger partial charge in [0, 0.05) is 25.8 Å². The van der Waals surface area contributed by atoms with Crippen molar-refractivity contribution in [3.63, 3.8) is 0 Å². The van der Waals surface area contributed by atoms with Gasteiger partial charge in [0.15, 0.2) is 5.65 Å². The first-order chi connectivity index (χ1) is 11.0. The summed E-state index contributed by atoms with van der Waals surface area (Å²) in [5.41, 5.74) is 3.06. The van der Waals surface area contributed by atoms with Crippen LogP contribution in [0.4, 0.5) is 0 Å². The number of fused-ring (bicyclic) bond motifs is 1. The van der Waals surface area contributed by atoms with Crippen molar-refractivity contribution >= 4 is 16.9 Å². The lowest BCUT2D eigenvalue weighted by Crippen LogP contribution is -2.37. The minimum atomic E-state index is -0.461. The predicted octanol–water partition coefficient (Wildman–Crippen LogP) is 1.53. The molecule has 0 aromatic carbocycles. The number of terminal acetylenes is 1. The molecule has 0 radical (unpaired) electrons. The van der Waals surface area contributed by atoms with E-state index in [4.69, 9.17) is 16.1 Å². The van der Waals surface area contributed by atoms with E-state index in [2.05, 4.69) is 16.3 Å². The molecule has 0 unspecified atom stereocenters. The molecule has 1 amide bonds. The Labute approximate surface area is 135 Å². The minimum Gasteiger partial charge on any atom is -0.382 e. The summed E-state index contributed by atoms with van der Waals surface area (Å²) in [6.07, 6.45) is 7.68. The summed E-state index contributed by atoms with van der Waals surface area (Å²) < 4.78 is 6.76. The highest BCUT2D eigenvalue weighted by molar-refractivity contribution is 6.06. The Kier molecular flexibility index (Phi) is 4.05. The van der Waals surface area contributed by atoms with E-state index in [1.807, 2.05) is 20.0 Å².